The van der Waals surface area contributed by atoms with Gasteiger partial charge in [0.25, 0.3) is 0 Å². The zero-order valence-corrected chi connectivity index (χ0v) is 35.9. The van der Waals surface area contributed by atoms with Crippen molar-refractivity contribution in [1.29, 1.82) is 0 Å². The zero-order valence-electron chi connectivity index (χ0n) is 32.2. The summed E-state index contributed by atoms with van der Waals surface area (Å²) in [5.74, 6) is 1.49. The summed E-state index contributed by atoms with van der Waals surface area (Å²) in [4.78, 5) is 27.0. The van der Waals surface area contributed by atoms with Crippen LogP contribution in [0.1, 0.15) is 79.4 Å². The Morgan fingerprint density at radius 1 is 1.10 bits per heavy atom. The van der Waals surface area contributed by atoms with E-state index >= 15 is 0 Å². The van der Waals surface area contributed by atoms with Crippen LogP contribution in [0, 0.1) is 0 Å². The van der Waals surface area contributed by atoms with Crippen molar-refractivity contribution in [2.45, 2.75) is 110 Å². The Hall–Kier alpha value is -3.02. The highest BCUT2D eigenvalue weighted by Crippen LogP contribution is 2.49. The normalized spacial score (nSPS) is 15.9. The average molecular weight is 779 g/mol. The van der Waals surface area contributed by atoms with Gasteiger partial charge in [-0.05, 0) is 80.9 Å². The number of anilines is 2. The number of thiazole rings is 2. The molecule has 52 heavy (non-hydrogen) atoms. The summed E-state index contributed by atoms with van der Waals surface area (Å²) in [7, 11) is -3.12. The molecule has 0 N–H and O–H groups in total. The number of esters is 1. The molecule has 1 fully saturated rings. The standard InChI is InChI=1S/C38H54N6O4S2Si2/c1-10-47-35(45)32-30(18-14-22-48-52(8,9)38(2,3)4)50-36(39-32)43-21-13-15-27-31(26-19-20-26)33(41-42-34(27)43)40-37-44(25-46-23-24-51(5,6)7)28-16-11-12-17-29(28)49-37/h11-12,14,16-18,26H,10,13,15,19-25H2,1-9H3/b18-14+,40-37?. The van der Waals surface area contributed by atoms with Gasteiger partial charge >= 0.3 is 5.97 Å². The number of hydrogen-bond donors (Lipinski definition) is 0. The van der Waals surface area contributed by atoms with E-state index in [2.05, 4.69) is 87.2 Å². The summed E-state index contributed by atoms with van der Waals surface area (Å²) in [6.45, 7) is 22.8. The van der Waals surface area contributed by atoms with Crippen molar-refractivity contribution in [3.63, 3.8) is 0 Å². The largest absolute Gasteiger partial charge is 0.461 e. The van der Waals surface area contributed by atoms with Gasteiger partial charge in [-0.3, -0.25) is 4.57 Å². The smallest absolute Gasteiger partial charge is 0.358 e. The second kappa shape index (κ2) is 15.8. The number of nitrogens with zero attached hydrogens (tertiary/aromatic N) is 6. The Kier molecular flexibility index (Phi) is 11.7. The molecule has 3 aromatic heterocycles. The predicted molar refractivity (Wildman–Crippen MR) is 219 cm³/mol. The van der Waals surface area contributed by atoms with Crippen molar-refractivity contribution in [2.24, 2.45) is 4.99 Å². The third-order valence-electron chi connectivity index (χ3n) is 10.1. The molecule has 1 saturated carbocycles. The van der Waals surface area contributed by atoms with Crippen LogP contribution in [0.3, 0.4) is 0 Å². The summed E-state index contributed by atoms with van der Waals surface area (Å²) >= 11 is 3.14. The maximum atomic E-state index is 13.1. The highest BCUT2D eigenvalue weighted by Gasteiger charge is 2.37. The van der Waals surface area contributed by atoms with E-state index in [0.717, 1.165) is 70.6 Å². The molecule has 280 valence electrons. The second-order valence-corrected chi connectivity index (χ2v) is 28.9. The van der Waals surface area contributed by atoms with Gasteiger partial charge < -0.3 is 18.8 Å². The molecule has 0 atom stereocenters. The van der Waals surface area contributed by atoms with Gasteiger partial charge in [-0.2, -0.15) is 4.99 Å². The van der Waals surface area contributed by atoms with E-state index in [1.54, 1.807) is 11.3 Å². The first-order valence-corrected chi connectivity index (χ1v) is 26.8. The molecule has 0 unspecified atom stereocenters. The van der Waals surface area contributed by atoms with Crippen LogP contribution in [0.5, 0.6) is 0 Å². The van der Waals surface area contributed by atoms with E-state index in [0.29, 0.717) is 35.9 Å². The molecule has 10 nitrogen and oxygen atoms in total. The Morgan fingerprint density at radius 3 is 2.58 bits per heavy atom. The highest BCUT2D eigenvalue weighted by molar-refractivity contribution is 7.17. The van der Waals surface area contributed by atoms with Gasteiger partial charge in [-0.25, -0.2) is 9.78 Å². The van der Waals surface area contributed by atoms with Crippen LogP contribution in [0.4, 0.5) is 16.8 Å². The van der Waals surface area contributed by atoms with E-state index < -0.39 is 22.4 Å². The summed E-state index contributed by atoms with van der Waals surface area (Å²) in [6, 6.07) is 9.52. The third-order valence-corrected chi connectivity index (χ3v) is 18.4. The fraction of sp³-hybridized carbons (Fsp3) is 0.553. The minimum Gasteiger partial charge on any atom is -0.461 e. The van der Waals surface area contributed by atoms with E-state index in [1.165, 1.54) is 22.5 Å². The highest BCUT2D eigenvalue weighted by atomic mass is 32.1. The number of carbonyl (C=O) groups excluding carboxylic acids is 1. The molecule has 0 amide bonds. The molecule has 0 spiro atoms. The lowest BCUT2D eigenvalue weighted by Gasteiger charge is -2.35. The number of para-hydroxylation sites is 1. The van der Waals surface area contributed by atoms with Crippen LogP contribution in [-0.2, 0) is 27.1 Å². The van der Waals surface area contributed by atoms with Crippen LogP contribution in [0.15, 0.2) is 35.3 Å². The molecule has 1 aromatic carbocycles. The first-order valence-electron chi connectivity index (χ1n) is 18.5. The number of rotatable bonds is 14. The summed E-state index contributed by atoms with van der Waals surface area (Å²) < 4.78 is 21.4. The Bertz CT molecular complexity index is 2000. The van der Waals surface area contributed by atoms with E-state index in [9.17, 15) is 4.79 Å². The van der Waals surface area contributed by atoms with Crippen molar-refractivity contribution >= 4 is 78.1 Å². The van der Waals surface area contributed by atoms with Crippen molar-refractivity contribution in [3.8, 4) is 0 Å². The second-order valence-electron chi connectivity index (χ2n) is 16.4. The summed E-state index contributed by atoms with van der Waals surface area (Å²) in [5, 5.41) is 10.5. The topological polar surface area (TPSA) is 104 Å². The van der Waals surface area contributed by atoms with Gasteiger partial charge in [0.2, 0.25) is 0 Å². The lowest BCUT2D eigenvalue weighted by atomic mass is 9.97. The molecule has 6 rings (SSSR count). The maximum Gasteiger partial charge on any atom is 0.358 e. The van der Waals surface area contributed by atoms with Gasteiger partial charge in [0.15, 0.2) is 35.6 Å². The zero-order chi connectivity index (χ0) is 37.3. The lowest BCUT2D eigenvalue weighted by molar-refractivity contribution is 0.0520. The monoisotopic (exact) mass is 778 g/mol. The van der Waals surface area contributed by atoms with Crippen LogP contribution >= 0.6 is 22.7 Å². The van der Waals surface area contributed by atoms with Crippen LogP contribution < -0.4 is 9.70 Å². The van der Waals surface area contributed by atoms with E-state index in [1.807, 2.05) is 19.1 Å². The first kappa shape index (κ1) is 38.7. The summed E-state index contributed by atoms with van der Waals surface area (Å²) in [6.07, 6.45) is 8.00. The number of carbonyl (C=O) groups is 1. The van der Waals surface area contributed by atoms with Gasteiger partial charge in [0, 0.05) is 32.4 Å². The molecule has 1 aliphatic heterocycles. The molecule has 0 radical (unpaired) electrons. The molecular weight excluding hydrogens is 725 g/mol. The van der Waals surface area contributed by atoms with Crippen molar-refractivity contribution in [1.82, 2.24) is 19.7 Å². The molecule has 0 bridgehead atoms. The number of ether oxygens (including phenoxy) is 2. The fourth-order valence-corrected chi connectivity index (χ4v) is 9.63. The number of aromatic nitrogens is 4. The Morgan fingerprint density at radius 2 is 1.87 bits per heavy atom. The van der Waals surface area contributed by atoms with E-state index in [-0.39, 0.29) is 11.6 Å². The van der Waals surface area contributed by atoms with Gasteiger partial charge in [-0.15, -0.1) is 10.2 Å². The molecule has 2 aliphatic rings. The molecular formula is C38H54N6O4S2Si2. The molecule has 4 heterocycles. The molecule has 0 saturated heterocycles. The predicted octanol–water partition coefficient (Wildman–Crippen LogP) is 9.67. The quantitative estimate of drug-likeness (QED) is 0.0709. The van der Waals surface area contributed by atoms with Crippen LogP contribution in [0.25, 0.3) is 16.3 Å². The van der Waals surface area contributed by atoms with Crippen LogP contribution in [0.2, 0.25) is 43.8 Å². The maximum absolute atomic E-state index is 13.1. The third kappa shape index (κ3) is 8.84. The minimum atomic E-state index is -1.91. The fourth-order valence-electron chi connectivity index (χ4n) is 5.90. The van der Waals surface area contributed by atoms with Crippen molar-refractivity contribution in [3.05, 3.63) is 56.8 Å². The SMILES string of the molecule is CCOC(=O)c1nc(N2CCCc3c2nnc(N=c2sc4ccccc4n2COCC[Si](C)(C)C)c3C2CC2)sc1/C=C/CO[Si](C)(C)C(C)(C)C. The van der Waals surface area contributed by atoms with E-state index in [4.69, 9.17) is 34.1 Å². The summed E-state index contributed by atoms with van der Waals surface area (Å²) in [5.41, 5.74) is 3.82. The van der Waals surface area contributed by atoms with Gasteiger partial charge in [0.1, 0.15) is 6.73 Å². The average Bonchev–Trinajstić information content (AvgIpc) is 3.73. The lowest BCUT2D eigenvalue weighted by Crippen LogP contribution is -2.40. The Labute approximate surface area is 318 Å². The Balaban J connectivity index is 1.34. The molecule has 1 aliphatic carbocycles. The van der Waals surface area contributed by atoms with Crippen LogP contribution in [-0.4, -0.2) is 68.5 Å². The van der Waals surface area contributed by atoms with Crippen molar-refractivity contribution < 1.29 is 18.7 Å². The number of fused-ring (bicyclic) bond motifs is 2. The van der Waals surface area contributed by atoms with Gasteiger partial charge in [-0.1, -0.05) is 81.3 Å². The molecule has 14 heteroatoms. The van der Waals surface area contributed by atoms with Gasteiger partial charge in [0.05, 0.1) is 28.3 Å². The number of hydrogen-bond acceptors (Lipinski definition) is 11. The first-order chi connectivity index (χ1) is 24.7. The number of benzene rings is 1. The van der Waals surface area contributed by atoms with Crippen molar-refractivity contribution in [2.75, 3.05) is 31.3 Å². The molecule has 4 aromatic rings. The minimum absolute atomic E-state index is 0.115.